The van der Waals surface area contributed by atoms with Gasteiger partial charge in [-0.2, -0.15) is 0 Å². The molecule has 3 N–H and O–H groups in total. The quantitative estimate of drug-likeness (QED) is 0.559. The fraction of sp³-hybridized carbons (Fsp3) is 0.600. The summed E-state index contributed by atoms with van der Waals surface area (Å²) < 4.78 is 11.1. The highest BCUT2D eigenvalue weighted by Crippen LogP contribution is 2.29. The molecule has 4 heteroatoms. The molecule has 2 rings (SSSR count). The van der Waals surface area contributed by atoms with E-state index in [2.05, 4.69) is 24.5 Å². The smallest absolute Gasteiger partial charge is 0.120 e. The van der Waals surface area contributed by atoms with Crippen LogP contribution in [0, 0.1) is 0 Å². The summed E-state index contributed by atoms with van der Waals surface area (Å²) in [6, 6.07) is 8.34. The molecule has 0 aromatic heterocycles. The van der Waals surface area contributed by atoms with Crippen LogP contribution in [-0.4, -0.2) is 19.3 Å². The highest BCUT2D eigenvalue weighted by Gasteiger charge is 2.23. The van der Waals surface area contributed by atoms with Gasteiger partial charge in [-0.1, -0.05) is 12.1 Å². The maximum absolute atomic E-state index is 5.81. The van der Waals surface area contributed by atoms with Crippen molar-refractivity contribution in [1.82, 2.24) is 5.43 Å². The first-order valence-corrected chi connectivity index (χ1v) is 6.98. The third-order valence-electron chi connectivity index (χ3n) is 3.55. The molecule has 1 fully saturated rings. The Morgan fingerprint density at radius 2 is 2.16 bits per heavy atom. The van der Waals surface area contributed by atoms with E-state index in [0.29, 0.717) is 6.10 Å². The number of hydrazine groups is 1. The van der Waals surface area contributed by atoms with Gasteiger partial charge in [-0.25, -0.2) is 0 Å². The van der Waals surface area contributed by atoms with Crippen molar-refractivity contribution in [2.24, 2.45) is 5.84 Å². The molecule has 2 atom stereocenters. The lowest BCUT2D eigenvalue weighted by Gasteiger charge is -2.19. The van der Waals surface area contributed by atoms with Gasteiger partial charge in [0, 0.05) is 13.2 Å². The summed E-state index contributed by atoms with van der Waals surface area (Å²) in [6.45, 7) is 2.07. The monoisotopic (exact) mass is 264 g/mol. The molecule has 0 bridgehead atoms. The second-order valence-corrected chi connectivity index (χ2v) is 5.23. The zero-order chi connectivity index (χ0) is 13.7. The average molecular weight is 264 g/mol. The highest BCUT2D eigenvalue weighted by atomic mass is 16.5. The Morgan fingerprint density at radius 1 is 1.37 bits per heavy atom. The van der Waals surface area contributed by atoms with Crippen molar-refractivity contribution in [1.29, 1.82) is 0 Å². The Morgan fingerprint density at radius 3 is 2.79 bits per heavy atom. The van der Waals surface area contributed by atoms with E-state index >= 15 is 0 Å². The minimum absolute atomic E-state index is 0.139. The Labute approximate surface area is 115 Å². The fourth-order valence-corrected chi connectivity index (χ4v) is 2.05. The van der Waals surface area contributed by atoms with Crippen LogP contribution >= 0.6 is 0 Å². The summed E-state index contributed by atoms with van der Waals surface area (Å²) >= 11 is 0. The lowest BCUT2D eigenvalue weighted by atomic mass is 10.0. The van der Waals surface area contributed by atoms with E-state index in [1.807, 2.05) is 12.1 Å². The Kier molecular flexibility index (Phi) is 5.19. The van der Waals surface area contributed by atoms with Gasteiger partial charge in [0.15, 0.2) is 0 Å². The van der Waals surface area contributed by atoms with Gasteiger partial charge >= 0.3 is 0 Å². The molecule has 1 aliphatic carbocycles. The maximum Gasteiger partial charge on any atom is 0.120 e. The zero-order valence-electron chi connectivity index (χ0n) is 11.8. The molecule has 106 valence electrons. The third kappa shape index (κ3) is 4.49. The van der Waals surface area contributed by atoms with Gasteiger partial charge < -0.3 is 9.47 Å². The van der Waals surface area contributed by atoms with E-state index in [1.165, 1.54) is 18.4 Å². The lowest BCUT2D eigenvalue weighted by Crippen LogP contribution is -2.28. The molecule has 0 saturated heterocycles. The minimum Gasteiger partial charge on any atom is -0.490 e. The third-order valence-corrected chi connectivity index (χ3v) is 3.55. The normalized spacial score (nSPS) is 18.1. The van der Waals surface area contributed by atoms with Crippen molar-refractivity contribution >= 4 is 0 Å². The predicted molar refractivity (Wildman–Crippen MR) is 75.9 cm³/mol. The molecular formula is C15H24N2O2. The molecule has 0 radical (unpaired) electrons. The number of benzene rings is 1. The topological polar surface area (TPSA) is 56.5 Å². The van der Waals surface area contributed by atoms with Crippen molar-refractivity contribution in [3.8, 4) is 5.75 Å². The van der Waals surface area contributed by atoms with Crippen molar-refractivity contribution in [2.75, 3.05) is 7.11 Å². The summed E-state index contributed by atoms with van der Waals surface area (Å²) in [5.74, 6) is 6.61. The molecule has 0 aliphatic heterocycles. The van der Waals surface area contributed by atoms with E-state index in [0.717, 1.165) is 18.6 Å². The number of nitrogens with one attached hydrogen (secondary N) is 1. The zero-order valence-corrected chi connectivity index (χ0v) is 11.8. The van der Waals surface area contributed by atoms with Crippen LogP contribution in [0.25, 0.3) is 0 Å². The van der Waals surface area contributed by atoms with Crippen molar-refractivity contribution in [3.63, 3.8) is 0 Å². The summed E-state index contributed by atoms with van der Waals surface area (Å²) in [4.78, 5) is 0. The Hall–Kier alpha value is -1.10. The molecule has 0 amide bonds. The molecule has 4 nitrogen and oxygen atoms in total. The molecule has 1 saturated carbocycles. The Bertz CT molecular complexity index is 393. The summed E-state index contributed by atoms with van der Waals surface area (Å²) in [5.41, 5.74) is 4.05. The number of nitrogens with two attached hydrogens (primary N) is 1. The molecule has 0 spiro atoms. The molecule has 2 unspecified atom stereocenters. The number of rotatable bonds is 8. The van der Waals surface area contributed by atoms with E-state index in [4.69, 9.17) is 15.3 Å². The lowest BCUT2D eigenvalue weighted by molar-refractivity contribution is 0.106. The second kappa shape index (κ2) is 6.89. The van der Waals surface area contributed by atoms with Crippen LogP contribution in [0.2, 0.25) is 0 Å². The maximum atomic E-state index is 5.81. The van der Waals surface area contributed by atoms with Crippen LogP contribution in [0.1, 0.15) is 44.2 Å². The number of methoxy groups -OCH3 is 1. The largest absolute Gasteiger partial charge is 0.490 e. The van der Waals surface area contributed by atoms with Crippen LogP contribution in [-0.2, 0) is 4.74 Å². The number of ether oxygens (including phenoxy) is 2. The van der Waals surface area contributed by atoms with Gasteiger partial charge in [-0.3, -0.25) is 11.3 Å². The summed E-state index contributed by atoms with van der Waals surface area (Å²) in [6.07, 6.45) is 4.94. The summed E-state index contributed by atoms with van der Waals surface area (Å²) in [5, 5.41) is 0. The van der Waals surface area contributed by atoms with E-state index < -0.39 is 0 Å². The van der Waals surface area contributed by atoms with Crippen LogP contribution in [0.3, 0.4) is 0 Å². The first-order chi connectivity index (χ1) is 9.22. The highest BCUT2D eigenvalue weighted by molar-refractivity contribution is 5.31. The summed E-state index contributed by atoms with van der Waals surface area (Å²) in [7, 11) is 1.74. The molecule has 1 aliphatic rings. The van der Waals surface area contributed by atoms with Crippen molar-refractivity contribution < 1.29 is 9.47 Å². The van der Waals surface area contributed by atoms with E-state index in [9.17, 15) is 0 Å². The van der Waals surface area contributed by atoms with E-state index in [-0.39, 0.29) is 12.1 Å². The van der Waals surface area contributed by atoms with Gasteiger partial charge in [-0.15, -0.1) is 0 Å². The standard InChI is InChI=1S/C15H24N2O2/c1-11(18-2)6-9-15(17-16)12-4-3-5-14(10-12)19-13-7-8-13/h3-5,10-11,13,15,17H,6-9,16H2,1-2H3. The number of hydrogen-bond donors (Lipinski definition) is 2. The second-order valence-electron chi connectivity index (χ2n) is 5.23. The molecule has 0 heterocycles. The van der Waals surface area contributed by atoms with Crippen LogP contribution in [0.15, 0.2) is 24.3 Å². The molecule has 1 aromatic rings. The Balaban J connectivity index is 1.96. The number of hydrogen-bond acceptors (Lipinski definition) is 4. The van der Waals surface area contributed by atoms with Crippen molar-refractivity contribution in [3.05, 3.63) is 29.8 Å². The van der Waals surface area contributed by atoms with Gasteiger partial charge in [0.1, 0.15) is 5.75 Å². The first kappa shape index (κ1) is 14.3. The first-order valence-electron chi connectivity index (χ1n) is 6.98. The SMILES string of the molecule is COC(C)CCC(NN)c1cccc(OC2CC2)c1. The average Bonchev–Trinajstić information content (AvgIpc) is 3.23. The fourth-order valence-electron chi connectivity index (χ4n) is 2.05. The van der Waals surface area contributed by atoms with Crippen LogP contribution in [0.4, 0.5) is 0 Å². The van der Waals surface area contributed by atoms with Gasteiger partial charge in [0.25, 0.3) is 0 Å². The van der Waals surface area contributed by atoms with Gasteiger partial charge in [0.05, 0.1) is 12.2 Å². The van der Waals surface area contributed by atoms with Gasteiger partial charge in [-0.05, 0) is 50.3 Å². The molecule has 1 aromatic carbocycles. The predicted octanol–water partition coefficient (Wildman–Crippen LogP) is 2.55. The van der Waals surface area contributed by atoms with Gasteiger partial charge in [0.2, 0.25) is 0 Å². The van der Waals surface area contributed by atoms with Crippen molar-refractivity contribution in [2.45, 2.75) is 50.9 Å². The van der Waals surface area contributed by atoms with Crippen LogP contribution < -0.4 is 16.0 Å². The molecule has 19 heavy (non-hydrogen) atoms. The van der Waals surface area contributed by atoms with Crippen LogP contribution in [0.5, 0.6) is 5.75 Å². The van der Waals surface area contributed by atoms with E-state index in [1.54, 1.807) is 7.11 Å². The minimum atomic E-state index is 0.139. The molecular weight excluding hydrogens is 240 g/mol.